The van der Waals surface area contributed by atoms with E-state index >= 15 is 0 Å². The second kappa shape index (κ2) is 4.06. The molecule has 0 bridgehead atoms. The van der Waals surface area contributed by atoms with Crippen molar-refractivity contribution >= 4 is 5.95 Å². The molecule has 3 rings (SSSR count). The number of tetrazole rings is 1. The molecule has 0 radical (unpaired) electrons. The zero-order valence-electron chi connectivity index (χ0n) is 10.3. The van der Waals surface area contributed by atoms with Gasteiger partial charge in [0, 0.05) is 13.1 Å². The molecule has 1 aliphatic heterocycles. The van der Waals surface area contributed by atoms with E-state index in [2.05, 4.69) is 27.3 Å². The fourth-order valence-corrected chi connectivity index (χ4v) is 2.19. The Morgan fingerprint density at radius 1 is 1.28 bits per heavy atom. The third kappa shape index (κ3) is 1.74. The van der Waals surface area contributed by atoms with E-state index in [1.807, 2.05) is 30.3 Å². The Kier molecular flexibility index (Phi) is 2.52. The highest BCUT2D eigenvalue weighted by Gasteiger charge is 2.40. The molecule has 1 saturated heterocycles. The zero-order valence-corrected chi connectivity index (χ0v) is 10.3. The number of nitrogens with zero attached hydrogens (tertiary/aromatic N) is 5. The van der Waals surface area contributed by atoms with Gasteiger partial charge >= 0.3 is 0 Å². The SMILES string of the molecule is CCC1(N)CN(c2nnnn2-c2ccccc2)C1. The van der Waals surface area contributed by atoms with Gasteiger partial charge in [0.15, 0.2) is 0 Å². The van der Waals surface area contributed by atoms with Gasteiger partial charge in [-0.2, -0.15) is 4.68 Å². The van der Waals surface area contributed by atoms with Crippen molar-refractivity contribution in [3.63, 3.8) is 0 Å². The van der Waals surface area contributed by atoms with Gasteiger partial charge in [0.2, 0.25) is 5.95 Å². The van der Waals surface area contributed by atoms with Crippen molar-refractivity contribution in [1.82, 2.24) is 20.2 Å². The molecule has 0 saturated carbocycles. The molecule has 1 aromatic carbocycles. The van der Waals surface area contributed by atoms with Gasteiger partial charge in [-0.1, -0.05) is 30.2 Å². The Bertz CT molecular complexity index is 529. The average molecular weight is 244 g/mol. The van der Waals surface area contributed by atoms with Gasteiger partial charge in [0.1, 0.15) is 0 Å². The minimum atomic E-state index is -0.0898. The molecule has 0 aliphatic carbocycles. The van der Waals surface area contributed by atoms with E-state index in [4.69, 9.17) is 5.73 Å². The van der Waals surface area contributed by atoms with Gasteiger partial charge in [-0.05, 0) is 29.0 Å². The first-order valence-corrected chi connectivity index (χ1v) is 6.09. The number of benzene rings is 1. The van der Waals surface area contributed by atoms with E-state index in [0.29, 0.717) is 0 Å². The Morgan fingerprint density at radius 3 is 2.67 bits per heavy atom. The van der Waals surface area contributed by atoms with Crippen LogP contribution in [0.4, 0.5) is 5.95 Å². The van der Waals surface area contributed by atoms with Gasteiger partial charge in [-0.25, -0.2) is 0 Å². The van der Waals surface area contributed by atoms with Crippen LogP contribution in [0.1, 0.15) is 13.3 Å². The van der Waals surface area contributed by atoms with Crippen LogP contribution in [-0.4, -0.2) is 38.8 Å². The topological polar surface area (TPSA) is 72.9 Å². The van der Waals surface area contributed by atoms with Crippen LogP contribution in [0.25, 0.3) is 5.69 Å². The van der Waals surface area contributed by atoms with Crippen molar-refractivity contribution in [2.45, 2.75) is 18.9 Å². The Hall–Kier alpha value is -1.95. The van der Waals surface area contributed by atoms with Crippen LogP contribution in [0, 0.1) is 0 Å². The molecule has 18 heavy (non-hydrogen) atoms. The minimum Gasteiger partial charge on any atom is -0.336 e. The van der Waals surface area contributed by atoms with Crippen LogP contribution >= 0.6 is 0 Å². The summed E-state index contributed by atoms with van der Waals surface area (Å²) < 4.78 is 1.75. The lowest BCUT2D eigenvalue weighted by molar-refractivity contribution is 0.316. The molecule has 0 unspecified atom stereocenters. The van der Waals surface area contributed by atoms with E-state index in [9.17, 15) is 0 Å². The fraction of sp³-hybridized carbons (Fsp3) is 0.417. The molecule has 1 fully saturated rings. The van der Waals surface area contributed by atoms with Gasteiger partial charge < -0.3 is 10.6 Å². The third-order valence-corrected chi connectivity index (χ3v) is 3.45. The lowest BCUT2D eigenvalue weighted by Crippen LogP contribution is -2.67. The molecule has 94 valence electrons. The van der Waals surface area contributed by atoms with Crippen LogP contribution in [0.15, 0.2) is 30.3 Å². The maximum Gasteiger partial charge on any atom is 0.250 e. The van der Waals surface area contributed by atoms with Crippen molar-refractivity contribution in [1.29, 1.82) is 0 Å². The molecule has 2 N–H and O–H groups in total. The van der Waals surface area contributed by atoms with Crippen molar-refractivity contribution in [2.24, 2.45) is 5.73 Å². The van der Waals surface area contributed by atoms with Crippen LogP contribution in [-0.2, 0) is 0 Å². The lowest BCUT2D eigenvalue weighted by Gasteiger charge is -2.47. The first-order chi connectivity index (χ1) is 8.72. The smallest absolute Gasteiger partial charge is 0.250 e. The quantitative estimate of drug-likeness (QED) is 0.855. The summed E-state index contributed by atoms with van der Waals surface area (Å²) in [5, 5.41) is 11.9. The first-order valence-electron chi connectivity index (χ1n) is 6.09. The number of nitrogens with two attached hydrogens (primary N) is 1. The van der Waals surface area contributed by atoms with Crippen molar-refractivity contribution < 1.29 is 0 Å². The predicted octanol–water partition coefficient (Wildman–Crippen LogP) is 0.590. The molecular weight excluding hydrogens is 228 g/mol. The van der Waals surface area contributed by atoms with Crippen LogP contribution in [0.2, 0.25) is 0 Å². The number of anilines is 1. The maximum absolute atomic E-state index is 6.17. The van der Waals surface area contributed by atoms with Gasteiger partial charge in [0.05, 0.1) is 11.2 Å². The van der Waals surface area contributed by atoms with Crippen LogP contribution < -0.4 is 10.6 Å². The van der Waals surface area contributed by atoms with E-state index in [1.54, 1.807) is 4.68 Å². The number of rotatable bonds is 3. The van der Waals surface area contributed by atoms with E-state index in [-0.39, 0.29) is 5.54 Å². The van der Waals surface area contributed by atoms with Gasteiger partial charge in [-0.15, -0.1) is 0 Å². The summed E-state index contributed by atoms with van der Waals surface area (Å²) >= 11 is 0. The summed E-state index contributed by atoms with van der Waals surface area (Å²) in [5.41, 5.74) is 7.04. The van der Waals surface area contributed by atoms with Crippen LogP contribution in [0.5, 0.6) is 0 Å². The summed E-state index contributed by atoms with van der Waals surface area (Å²) in [6, 6.07) is 9.87. The number of hydrogen-bond acceptors (Lipinski definition) is 5. The number of hydrogen-bond donors (Lipinski definition) is 1. The van der Waals surface area contributed by atoms with E-state index < -0.39 is 0 Å². The lowest BCUT2D eigenvalue weighted by atomic mass is 9.89. The summed E-state index contributed by atoms with van der Waals surface area (Å²) in [6.45, 7) is 3.71. The molecule has 0 spiro atoms. The van der Waals surface area contributed by atoms with E-state index in [1.165, 1.54) is 0 Å². The van der Waals surface area contributed by atoms with Crippen molar-refractivity contribution in [3.05, 3.63) is 30.3 Å². The Balaban J connectivity index is 1.86. The Labute approximate surface area is 105 Å². The highest BCUT2D eigenvalue weighted by atomic mass is 15.6. The molecule has 1 aliphatic rings. The van der Waals surface area contributed by atoms with Crippen molar-refractivity contribution in [2.75, 3.05) is 18.0 Å². The maximum atomic E-state index is 6.17. The standard InChI is InChI=1S/C12H16N6/c1-2-12(13)8-17(9-12)11-14-15-16-18(11)10-6-4-3-5-7-10/h3-7H,2,8-9,13H2,1H3. The molecule has 2 aromatic rings. The second-order valence-electron chi connectivity index (χ2n) is 4.80. The summed E-state index contributed by atoms with van der Waals surface area (Å²) in [6.07, 6.45) is 0.969. The third-order valence-electron chi connectivity index (χ3n) is 3.45. The minimum absolute atomic E-state index is 0.0898. The molecular formula is C12H16N6. The fourth-order valence-electron chi connectivity index (χ4n) is 2.19. The number of aromatic nitrogens is 4. The molecule has 1 aromatic heterocycles. The van der Waals surface area contributed by atoms with Gasteiger partial charge in [0.25, 0.3) is 0 Å². The molecule has 6 nitrogen and oxygen atoms in total. The second-order valence-corrected chi connectivity index (χ2v) is 4.80. The summed E-state index contributed by atoms with van der Waals surface area (Å²) in [5.74, 6) is 0.760. The van der Waals surface area contributed by atoms with Crippen molar-refractivity contribution in [3.8, 4) is 5.69 Å². The normalized spacial score (nSPS) is 17.6. The van der Waals surface area contributed by atoms with E-state index in [0.717, 1.165) is 31.1 Å². The van der Waals surface area contributed by atoms with Crippen LogP contribution in [0.3, 0.4) is 0 Å². The van der Waals surface area contributed by atoms with Gasteiger partial charge in [-0.3, -0.25) is 0 Å². The first kappa shape index (κ1) is 11.2. The monoisotopic (exact) mass is 244 g/mol. The predicted molar refractivity (Wildman–Crippen MR) is 68.6 cm³/mol. The summed E-state index contributed by atoms with van der Waals surface area (Å²) in [7, 11) is 0. The Morgan fingerprint density at radius 2 is 2.00 bits per heavy atom. The molecule has 2 heterocycles. The number of para-hydroxylation sites is 1. The highest BCUT2D eigenvalue weighted by Crippen LogP contribution is 2.27. The highest BCUT2D eigenvalue weighted by molar-refractivity contribution is 5.44. The molecule has 0 amide bonds. The largest absolute Gasteiger partial charge is 0.336 e. The molecule has 0 atom stereocenters. The molecule has 6 heteroatoms. The summed E-state index contributed by atoms with van der Waals surface area (Å²) in [4.78, 5) is 2.11. The zero-order chi connectivity index (χ0) is 12.6. The average Bonchev–Trinajstić information content (AvgIpc) is 2.85.